The largest absolute Gasteiger partial charge is 0.384 e. The Hall–Kier alpha value is -2.91. The number of benzene rings is 3. The molecule has 0 heterocycles. The number of nitrogens with zero attached hydrogens (tertiary/aromatic N) is 1. The minimum atomic E-state index is 0.606. The van der Waals surface area contributed by atoms with Crippen molar-refractivity contribution >= 4 is 5.84 Å². The summed E-state index contributed by atoms with van der Waals surface area (Å²) in [7, 11) is 0. The third kappa shape index (κ3) is 6.19. The zero-order valence-corrected chi connectivity index (χ0v) is 15.3. The van der Waals surface area contributed by atoms with E-state index in [1.807, 2.05) is 48.5 Å². The van der Waals surface area contributed by atoms with Gasteiger partial charge < -0.3 is 11.5 Å². The lowest BCUT2D eigenvalue weighted by Gasteiger charge is -2.02. The van der Waals surface area contributed by atoms with Crippen molar-refractivity contribution in [1.29, 1.82) is 0 Å². The Labute approximate surface area is 156 Å². The first kappa shape index (κ1) is 19.4. The molecule has 0 aliphatic heterocycles. The summed E-state index contributed by atoms with van der Waals surface area (Å²) in [5.41, 5.74) is 15.9. The molecule has 0 unspecified atom stereocenters. The smallest absolute Gasteiger partial charge is 0.125 e. The molecule has 0 bridgehead atoms. The molecule has 0 atom stereocenters. The summed E-state index contributed by atoms with van der Waals surface area (Å²) in [5.74, 6) is 0.637. The van der Waals surface area contributed by atoms with Gasteiger partial charge in [0.1, 0.15) is 5.84 Å². The SMILES string of the molecule is CCCN=C(N)c1ccccc1.NCc1ccc(-c2ccccc2)cc1. The van der Waals surface area contributed by atoms with E-state index in [-0.39, 0.29) is 0 Å². The molecule has 0 saturated heterocycles. The Kier molecular flexibility index (Phi) is 8.10. The quantitative estimate of drug-likeness (QED) is 0.524. The van der Waals surface area contributed by atoms with Crippen LogP contribution in [0.25, 0.3) is 11.1 Å². The normalized spacial score (nSPS) is 10.8. The summed E-state index contributed by atoms with van der Waals surface area (Å²) in [6.07, 6.45) is 1.04. The van der Waals surface area contributed by atoms with Gasteiger partial charge in [-0.05, 0) is 23.1 Å². The summed E-state index contributed by atoms with van der Waals surface area (Å²) in [5, 5.41) is 0. The Balaban J connectivity index is 0.000000190. The maximum Gasteiger partial charge on any atom is 0.125 e. The van der Waals surface area contributed by atoms with E-state index in [9.17, 15) is 0 Å². The second-order valence-corrected chi connectivity index (χ2v) is 5.90. The van der Waals surface area contributed by atoms with E-state index in [1.54, 1.807) is 0 Å². The number of nitrogens with two attached hydrogens (primary N) is 2. The highest BCUT2D eigenvalue weighted by Gasteiger charge is 1.95. The van der Waals surface area contributed by atoms with Crippen molar-refractivity contribution in [3.8, 4) is 11.1 Å². The molecule has 0 aliphatic rings. The highest BCUT2D eigenvalue weighted by Crippen LogP contribution is 2.18. The Morgan fingerprint density at radius 1 is 0.769 bits per heavy atom. The van der Waals surface area contributed by atoms with Gasteiger partial charge in [-0.1, -0.05) is 91.9 Å². The number of hydrogen-bond donors (Lipinski definition) is 2. The molecule has 3 nitrogen and oxygen atoms in total. The van der Waals surface area contributed by atoms with Crippen LogP contribution < -0.4 is 11.5 Å². The van der Waals surface area contributed by atoms with Crippen LogP contribution in [-0.2, 0) is 6.54 Å². The molecule has 4 N–H and O–H groups in total. The van der Waals surface area contributed by atoms with Crippen molar-refractivity contribution in [2.45, 2.75) is 19.9 Å². The minimum Gasteiger partial charge on any atom is -0.384 e. The fourth-order valence-corrected chi connectivity index (χ4v) is 2.40. The van der Waals surface area contributed by atoms with Crippen molar-refractivity contribution < 1.29 is 0 Å². The standard InChI is InChI=1S/C13H13N.C10H14N2/c14-10-11-6-8-13(9-7-11)12-4-2-1-3-5-12;1-2-8-12-10(11)9-6-4-3-5-7-9/h1-9H,10,14H2;3-7H,2,8H2,1H3,(H2,11,12). The van der Waals surface area contributed by atoms with Crippen LogP contribution in [0, 0.1) is 0 Å². The zero-order valence-electron chi connectivity index (χ0n) is 15.3. The van der Waals surface area contributed by atoms with Crippen molar-refractivity contribution in [3.63, 3.8) is 0 Å². The number of aliphatic imine (C=N–C) groups is 1. The number of hydrogen-bond acceptors (Lipinski definition) is 2. The summed E-state index contributed by atoms with van der Waals surface area (Å²) >= 11 is 0. The second-order valence-electron chi connectivity index (χ2n) is 5.90. The van der Waals surface area contributed by atoms with Gasteiger partial charge in [-0.15, -0.1) is 0 Å². The molecule has 0 aromatic heterocycles. The molecule has 134 valence electrons. The molecule has 0 saturated carbocycles. The zero-order chi connectivity index (χ0) is 18.6. The summed E-state index contributed by atoms with van der Waals surface area (Å²) in [4.78, 5) is 4.21. The van der Waals surface area contributed by atoms with E-state index in [1.165, 1.54) is 16.7 Å². The van der Waals surface area contributed by atoms with Gasteiger partial charge in [0.25, 0.3) is 0 Å². The first-order valence-electron chi connectivity index (χ1n) is 8.94. The molecule has 0 radical (unpaired) electrons. The lowest BCUT2D eigenvalue weighted by atomic mass is 10.0. The Morgan fingerprint density at radius 3 is 1.85 bits per heavy atom. The average Bonchev–Trinajstić information content (AvgIpc) is 2.74. The minimum absolute atomic E-state index is 0.606. The highest BCUT2D eigenvalue weighted by molar-refractivity contribution is 5.97. The van der Waals surface area contributed by atoms with E-state index in [2.05, 4.69) is 48.3 Å². The first-order chi connectivity index (χ1) is 12.7. The van der Waals surface area contributed by atoms with Crippen molar-refractivity contribution in [3.05, 3.63) is 96.1 Å². The van der Waals surface area contributed by atoms with Crippen LogP contribution in [0.3, 0.4) is 0 Å². The molecule has 3 rings (SSSR count). The van der Waals surface area contributed by atoms with E-state index in [4.69, 9.17) is 11.5 Å². The van der Waals surface area contributed by atoms with Crippen LogP contribution >= 0.6 is 0 Å². The number of rotatable bonds is 5. The van der Waals surface area contributed by atoms with Crippen LogP contribution in [0.2, 0.25) is 0 Å². The highest BCUT2D eigenvalue weighted by atomic mass is 14.8. The van der Waals surface area contributed by atoms with Crippen molar-refractivity contribution in [2.75, 3.05) is 6.54 Å². The predicted octanol–water partition coefficient (Wildman–Crippen LogP) is 4.61. The molecule has 26 heavy (non-hydrogen) atoms. The van der Waals surface area contributed by atoms with Gasteiger partial charge in [0.05, 0.1) is 0 Å². The lowest BCUT2D eigenvalue weighted by molar-refractivity contribution is 0.930. The van der Waals surface area contributed by atoms with Gasteiger partial charge in [0, 0.05) is 18.7 Å². The first-order valence-corrected chi connectivity index (χ1v) is 8.94. The maximum atomic E-state index is 5.73. The van der Waals surface area contributed by atoms with E-state index in [0.29, 0.717) is 12.4 Å². The van der Waals surface area contributed by atoms with Crippen molar-refractivity contribution in [1.82, 2.24) is 0 Å². The van der Waals surface area contributed by atoms with Gasteiger partial charge >= 0.3 is 0 Å². The van der Waals surface area contributed by atoms with Crippen LogP contribution in [0.1, 0.15) is 24.5 Å². The van der Waals surface area contributed by atoms with Crippen LogP contribution in [-0.4, -0.2) is 12.4 Å². The monoisotopic (exact) mass is 345 g/mol. The molecule has 0 aliphatic carbocycles. The van der Waals surface area contributed by atoms with Crippen LogP contribution in [0.5, 0.6) is 0 Å². The summed E-state index contributed by atoms with van der Waals surface area (Å²) < 4.78 is 0. The van der Waals surface area contributed by atoms with Crippen LogP contribution in [0.15, 0.2) is 89.9 Å². The lowest BCUT2D eigenvalue weighted by Crippen LogP contribution is -2.13. The van der Waals surface area contributed by atoms with Gasteiger partial charge in [-0.2, -0.15) is 0 Å². The molecule has 3 aromatic rings. The molecule has 0 fully saturated rings. The van der Waals surface area contributed by atoms with Gasteiger partial charge in [-0.3, -0.25) is 4.99 Å². The van der Waals surface area contributed by atoms with E-state index >= 15 is 0 Å². The second kappa shape index (κ2) is 10.9. The molecule has 3 aromatic carbocycles. The van der Waals surface area contributed by atoms with Gasteiger partial charge in [0.15, 0.2) is 0 Å². The Bertz CT molecular complexity index is 779. The molecular formula is C23H27N3. The van der Waals surface area contributed by atoms with Crippen molar-refractivity contribution in [2.24, 2.45) is 16.5 Å². The fraction of sp³-hybridized carbons (Fsp3) is 0.174. The fourth-order valence-electron chi connectivity index (χ4n) is 2.40. The van der Waals surface area contributed by atoms with Gasteiger partial charge in [-0.25, -0.2) is 0 Å². The maximum absolute atomic E-state index is 5.73. The van der Waals surface area contributed by atoms with E-state index in [0.717, 1.165) is 18.5 Å². The third-order valence-corrected chi connectivity index (χ3v) is 3.87. The Morgan fingerprint density at radius 2 is 1.31 bits per heavy atom. The van der Waals surface area contributed by atoms with E-state index < -0.39 is 0 Å². The average molecular weight is 345 g/mol. The summed E-state index contributed by atoms with van der Waals surface area (Å²) in [6, 6.07) is 28.5. The molecule has 3 heteroatoms. The third-order valence-electron chi connectivity index (χ3n) is 3.87. The summed E-state index contributed by atoms with van der Waals surface area (Å²) in [6.45, 7) is 3.50. The topological polar surface area (TPSA) is 64.4 Å². The van der Waals surface area contributed by atoms with Crippen LogP contribution in [0.4, 0.5) is 0 Å². The molecule has 0 spiro atoms. The number of amidine groups is 1. The molecule has 0 amide bonds. The molecular weight excluding hydrogens is 318 g/mol. The predicted molar refractivity (Wildman–Crippen MR) is 112 cm³/mol. The van der Waals surface area contributed by atoms with Gasteiger partial charge in [0.2, 0.25) is 0 Å².